The van der Waals surface area contributed by atoms with Gasteiger partial charge in [-0.3, -0.25) is 0 Å². The van der Waals surface area contributed by atoms with Crippen molar-refractivity contribution in [3.8, 4) is 0 Å². The molecule has 0 aromatic carbocycles. The SMILES string of the molecule is C[C@@H](CNC(=O)N1CCC[C@H](c2ncc[nH]2)C1)Cc1cccs1. The minimum absolute atomic E-state index is 0.0549. The molecule has 6 heteroatoms. The minimum Gasteiger partial charge on any atom is -0.348 e. The molecule has 2 amide bonds. The molecule has 2 aromatic heterocycles. The van der Waals surface area contributed by atoms with Crippen molar-refractivity contribution in [3.63, 3.8) is 0 Å². The molecule has 1 saturated heterocycles. The van der Waals surface area contributed by atoms with Crippen LogP contribution >= 0.6 is 11.3 Å². The molecule has 0 saturated carbocycles. The van der Waals surface area contributed by atoms with E-state index in [9.17, 15) is 4.79 Å². The molecule has 2 atom stereocenters. The highest BCUT2D eigenvalue weighted by molar-refractivity contribution is 7.09. The molecule has 23 heavy (non-hydrogen) atoms. The molecule has 1 aliphatic heterocycles. The molecule has 0 unspecified atom stereocenters. The van der Waals surface area contributed by atoms with Crippen molar-refractivity contribution in [2.45, 2.75) is 32.1 Å². The van der Waals surface area contributed by atoms with Gasteiger partial charge in [0, 0.05) is 42.8 Å². The fraction of sp³-hybridized carbons (Fsp3) is 0.529. The normalized spacial score (nSPS) is 19.5. The number of amides is 2. The van der Waals surface area contributed by atoms with Gasteiger partial charge < -0.3 is 15.2 Å². The van der Waals surface area contributed by atoms with Gasteiger partial charge in [0.2, 0.25) is 0 Å². The highest BCUT2D eigenvalue weighted by Gasteiger charge is 2.26. The van der Waals surface area contributed by atoms with Crippen molar-refractivity contribution in [2.75, 3.05) is 19.6 Å². The zero-order valence-electron chi connectivity index (χ0n) is 13.5. The topological polar surface area (TPSA) is 61.0 Å². The maximum Gasteiger partial charge on any atom is 0.317 e. The molecule has 0 bridgehead atoms. The number of carbonyl (C=O) groups is 1. The van der Waals surface area contributed by atoms with Gasteiger partial charge in [0.05, 0.1) is 0 Å². The van der Waals surface area contributed by atoms with Crippen molar-refractivity contribution in [1.29, 1.82) is 0 Å². The van der Waals surface area contributed by atoms with Crippen LogP contribution in [0.2, 0.25) is 0 Å². The smallest absolute Gasteiger partial charge is 0.317 e. The molecule has 5 nitrogen and oxygen atoms in total. The summed E-state index contributed by atoms with van der Waals surface area (Å²) >= 11 is 1.78. The maximum atomic E-state index is 12.4. The summed E-state index contributed by atoms with van der Waals surface area (Å²) in [6.07, 6.45) is 6.77. The fourth-order valence-electron chi connectivity index (χ4n) is 3.10. The Morgan fingerprint density at radius 2 is 2.52 bits per heavy atom. The average Bonchev–Trinajstić information content (AvgIpc) is 3.26. The van der Waals surface area contributed by atoms with E-state index < -0.39 is 0 Å². The number of hydrogen-bond acceptors (Lipinski definition) is 3. The van der Waals surface area contributed by atoms with Crippen LogP contribution in [0.4, 0.5) is 4.79 Å². The van der Waals surface area contributed by atoms with Crippen molar-refractivity contribution < 1.29 is 4.79 Å². The highest BCUT2D eigenvalue weighted by Crippen LogP contribution is 2.24. The number of hydrogen-bond donors (Lipinski definition) is 2. The van der Waals surface area contributed by atoms with E-state index in [0.29, 0.717) is 11.8 Å². The van der Waals surface area contributed by atoms with Crippen LogP contribution in [-0.4, -0.2) is 40.5 Å². The van der Waals surface area contributed by atoms with E-state index in [-0.39, 0.29) is 6.03 Å². The number of nitrogens with one attached hydrogen (secondary N) is 2. The molecular formula is C17H24N4OS. The zero-order chi connectivity index (χ0) is 16.1. The second-order valence-corrected chi connectivity index (χ2v) is 7.37. The zero-order valence-corrected chi connectivity index (χ0v) is 14.3. The van der Waals surface area contributed by atoms with Gasteiger partial charge in [-0.15, -0.1) is 11.3 Å². The molecule has 1 fully saturated rings. The molecule has 0 spiro atoms. The highest BCUT2D eigenvalue weighted by atomic mass is 32.1. The first-order chi connectivity index (χ1) is 11.2. The lowest BCUT2D eigenvalue weighted by Crippen LogP contribution is -2.46. The number of H-pyrrole nitrogens is 1. The van der Waals surface area contributed by atoms with E-state index in [1.807, 2.05) is 11.1 Å². The van der Waals surface area contributed by atoms with Gasteiger partial charge in [-0.25, -0.2) is 9.78 Å². The van der Waals surface area contributed by atoms with E-state index in [0.717, 1.165) is 44.7 Å². The van der Waals surface area contributed by atoms with E-state index in [1.165, 1.54) is 4.88 Å². The molecule has 3 heterocycles. The predicted octanol–water partition coefficient (Wildman–Crippen LogP) is 3.24. The van der Waals surface area contributed by atoms with Crippen LogP contribution < -0.4 is 5.32 Å². The Morgan fingerprint density at radius 3 is 3.26 bits per heavy atom. The summed E-state index contributed by atoms with van der Waals surface area (Å²) < 4.78 is 0. The third-order valence-corrected chi connectivity index (χ3v) is 5.24. The second kappa shape index (κ2) is 7.64. The monoisotopic (exact) mass is 332 g/mol. The van der Waals surface area contributed by atoms with E-state index in [4.69, 9.17) is 0 Å². The van der Waals surface area contributed by atoms with Crippen LogP contribution in [0, 0.1) is 5.92 Å². The predicted molar refractivity (Wildman–Crippen MR) is 92.7 cm³/mol. The first-order valence-corrected chi connectivity index (χ1v) is 9.14. The van der Waals surface area contributed by atoms with Gasteiger partial charge in [-0.1, -0.05) is 13.0 Å². The summed E-state index contributed by atoms with van der Waals surface area (Å²) in [6.45, 7) is 4.49. The number of imidazole rings is 1. The van der Waals surface area contributed by atoms with Gasteiger partial charge in [-0.05, 0) is 36.6 Å². The Balaban J connectivity index is 1.46. The van der Waals surface area contributed by atoms with E-state index in [2.05, 4.69) is 39.7 Å². The summed E-state index contributed by atoms with van der Waals surface area (Å²) in [4.78, 5) is 23.2. The molecule has 2 N–H and O–H groups in total. The Kier molecular flexibility index (Phi) is 5.33. The number of likely N-dealkylation sites (tertiary alicyclic amines) is 1. The Hall–Kier alpha value is -1.82. The van der Waals surface area contributed by atoms with Crippen molar-refractivity contribution in [3.05, 3.63) is 40.6 Å². The summed E-state index contributed by atoms with van der Waals surface area (Å²) in [5.74, 6) is 1.77. The quantitative estimate of drug-likeness (QED) is 0.883. The molecular weight excluding hydrogens is 308 g/mol. The van der Waals surface area contributed by atoms with Gasteiger partial charge in [0.1, 0.15) is 5.82 Å². The third kappa shape index (κ3) is 4.34. The van der Waals surface area contributed by atoms with Crippen molar-refractivity contribution >= 4 is 17.4 Å². The van der Waals surface area contributed by atoms with Crippen LogP contribution in [0.15, 0.2) is 29.9 Å². The van der Waals surface area contributed by atoms with Gasteiger partial charge in [0.15, 0.2) is 0 Å². The average molecular weight is 332 g/mol. The van der Waals surface area contributed by atoms with Crippen LogP contribution in [-0.2, 0) is 6.42 Å². The molecule has 0 aliphatic carbocycles. The summed E-state index contributed by atoms with van der Waals surface area (Å²) in [5, 5.41) is 5.19. The van der Waals surface area contributed by atoms with Crippen LogP contribution in [0.3, 0.4) is 0 Å². The number of aromatic amines is 1. The number of urea groups is 1. The number of rotatable bonds is 5. The van der Waals surface area contributed by atoms with Gasteiger partial charge in [-0.2, -0.15) is 0 Å². The van der Waals surface area contributed by atoms with Crippen LogP contribution in [0.25, 0.3) is 0 Å². The van der Waals surface area contributed by atoms with E-state index in [1.54, 1.807) is 17.5 Å². The molecule has 2 aromatic rings. The first kappa shape index (κ1) is 16.1. The van der Waals surface area contributed by atoms with Gasteiger partial charge in [0.25, 0.3) is 0 Å². The lowest BCUT2D eigenvalue weighted by molar-refractivity contribution is 0.177. The van der Waals surface area contributed by atoms with Crippen LogP contribution in [0.5, 0.6) is 0 Å². The molecule has 124 valence electrons. The first-order valence-electron chi connectivity index (χ1n) is 8.27. The largest absolute Gasteiger partial charge is 0.348 e. The van der Waals surface area contributed by atoms with Crippen molar-refractivity contribution in [2.24, 2.45) is 5.92 Å². The number of aromatic nitrogens is 2. The molecule has 0 radical (unpaired) electrons. The number of nitrogens with zero attached hydrogens (tertiary/aromatic N) is 2. The second-order valence-electron chi connectivity index (χ2n) is 6.33. The maximum absolute atomic E-state index is 12.4. The minimum atomic E-state index is 0.0549. The van der Waals surface area contributed by atoms with Gasteiger partial charge >= 0.3 is 6.03 Å². The Bertz CT molecular complexity index is 596. The molecule has 1 aliphatic rings. The lowest BCUT2D eigenvalue weighted by atomic mass is 9.97. The summed E-state index contributed by atoms with van der Waals surface area (Å²) in [7, 11) is 0. The van der Waals surface area contributed by atoms with Crippen LogP contribution in [0.1, 0.15) is 36.4 Å². The standard InChI is InChI=1S/C17H24N4OS/c1-13(10-15-5-3-9-23-15)11-20-17(22)21-8-2-4-14(12-21)16-18-6-7-19-16/h3,5-7,9,13-14H,2,4,8,10-12H2,1H3,(H,18,19)(H,20,22)/t13-,14+/m1/s1. The lowest BCUT2D eigenvalue weighted by Gasteiger charge is -2.32. The third-order valence-electron chi connectivity index (χ3n) is 4.35. The summed E-state index contributed by atoms with van der Waals surface area (Å²) in [6, 6.07) is 4.29. The number of thiophene rings is 1. The molecule has 3 rings (SSSR count). The number of piperidine rings is 1. The fourth-order valence-corrected chi connectivity index (χ4v) is 3.97. The Labute approximate surface area is 141 Å². The summed E-state index contributed by atoms with van der Waals surface area (Å²) in [5.41, 5.74) is 0. The Morgan fingerprint density at radius 1 is 1.61 bits per heavy atom. The van der Waals surface area contributed by atoms with Crippen molar-refractivity contribution in [1.82, 2.24) is 20.2 Å². The number of carbonyl (C=O) groups excluding carboxylic acids is 1. The van der Waals surface area contributed by atoms with E-state index >= 15 is 0 Å².